The van der Waals surface area contributed by atoms with Gasteiger partial charge in [-0.05, 0) is 30.0 Å². The molecule has 1 fully saturated rings. The molecule has 1 N–H and O–H groups in total. The fraction of sp³-hybridized carbons (Fsp3) is 0.400. The van der Waals surface area contributed by atoms with Crippen LogP contribution in [-0.4, -0.2) is 65.9 Å². The van der Waals surface area contributed by atoms with Gasteiger partial charge < -0.3 is 14.6 Å². The van der Waals surface area contributed by atoms with Crippen LogP contribution in [0.4, 0.5) is 5.69 Å². The van der Waals surface area contributed by atoms with Gasteiger partial charge in [0.25, 0.3) is 10.2 Å². The minimum atomic E-state index is -3.61. The van der Waals surface area contributed by atoms with Crippen LogP contribution in [0.15, 0.2) is 67.1 Å². The Morgan fingerprint density at radius 3 is 2.53 bits per heavy atom. The molecule has 0 bridgehead atoms. The zero-order valence-electron chi connectivity index (χ0n) is 19.2. The lowest BCUT2D eigenvalue weighted by atomic mass is 10.0. The number of ether oxygens (including phenoxy) is 1. The van der Waals surface area contributed by atoms with Crippen molar-refractivity contribution in [2.24, 2.45) is 0 Å². The number of nitrogens with one attached hydrogen (secondary N) is 1. The van der Waals surface area contributed by atoms with Crippen LogP contribution in [0.5, 0.6) is 0 Å². The van der Waals surface area contributed by atoms with Crippen LogP contribution >= 0.6 is 0 Å². The summed E-state index contributed by atoms with van der Waals surface area (Å²) in [6.45, 7) is 3.09. The van der Waals surface area contributed by atoms with E-state index in [2.05, 4.69) is 45.2 Å². The van der Waals surface area contributed by atoms with E-state index >= 15 is 0 Å². The van der Waals surface area contributed by atoms with Crippen LogP contribution in [0.2, 0.25) is 0 Å². The average molecular weight is 482 g/mol. The molecule has 1 saturated heterocycles. The molecule has 34 heavy (non-hydrogen) atoms. The highest BCUT2D eigenvalue weighted by Crippen LogP contribution is 2.32. The minimum absolute atomic E-state index is 0.00275. The molecular formula is C25H31N5O3S. The largest absolute Gasteiger partial charge is 0.379 e. The molecule has 9 heteroatoms. The van der Waals surface area contributed by atoms with Gasteiger partial charge in [-0.3, -0.25) is 0 Å². The van der Waals surface area contributed by atoms with Gasteiger partial charge in [-0.15, -0.1) is 0 Å². The third-order valence-electron chi connectivity index (χ3n) is 6.63. The Bertz CT molecular complexity index is 1160. The number of anilines is 1. The number of morpholine rings is 1. The number of aromatic nitrogens is 2. The standard InChI is InChI=1S/C25H31N5O3S/c31-34(32,28-12-14-33-15-13-28)29-17-22-8-4-5-9-25(22)30(18-23-16-26-20-27-23)24(19-29)11-10-21-6-2-1-3-7-21/h1-9,16,20,24H,10-15,17-19H2,(H,26,27). The molecule has 0 spiro atoms. The van der Waals surface area contributed by atoms with Gasteiger partial charge >= 0.3 is 0 Å². The first kappa shape index (κ1) is 23.0. The molecule has 2 aromatic carbocycles. The minimum Gasteiger partial charge on any atom is -0.379 e. The predicted molar refractivity (Wildman–Crippen MR) is 131 cm³/mol. The molecule has 1 aromatic heterocycles. The van der Waals surface area contributed by atoms with Crippen molar-refractivity contribution in [3.05, 3.63) is 83.9 Å². The van der Waals surface area contributed by atoms with E-state index in [4.69, 9.17) is 4.74 Å². The number of aryl methyl sites for hydroxylation is 1. The van der Waals surface area contributed by atoms with Crippen LogP contribution in [-0.2, 0) is 34.5 Å². The first-order valence-corrected chi connectivity index (χ1v) is 13.2. The third-order valence-corrected chi connectivity index (χ3v) is 8.58. The second-order valence-electron chi connectivity index (χ2n) is 8.82. The van der Waals surface area contributed by atoms with Gasteiger partial charge in [0.15, 0.2) is 0 Å². The molecule has 3 aromatic rings. The van der Waals surface area contributed by atoms with Crippen LogP contribution < -0.4 is 4.90 Å². The number of rotatable bonds is 7. The van der Waals surface area contributed by atoms with Crippen LogP contribution in [0.25, 0.3) is 0 Å². The van der Waals surface area contributed by atoms with E-state index in [0.29, 0.717) is 45.9 Å². The van der Waals surface area contributed by atoms with Crippen molar-refractivity contribution < 1.29 is 13.2 Å². The first-order valence-electron chi connectivity index (χ1n) is 11.8. The van der Waals surface area contributed by atoms with E-state index in [0.717, 1.165) is 29.8 Å². The Morgan fingerprint density at radius 2 is 1.76 bits per heavy atom. The van der Waals surface area contributed by atoms with Gasteiger partial charge in [-0.1, -0.05) is 48.5 Å². The monoisotopic (exact) mass is 481 g/mol. The third kappa shape index (κ3) is 5.02. The Balaban J connectivity index is 1.49. The van der Waals surface area contributed by atoms with Crippen molar-refractivity contribution in [2.75, 3.05) is 37.7 Å². The molecule has 2 aliphatic heterocycles. The highest BCUT2D eigenvalue weighted by molar-refractivity contribution is 7.86. The molecule has 180 valence electrons. The summed E-state index contributed by atoms with van der Waals surface area (Å²) in [5, 5.41) is 0. The fourth-order valence-corrected chi connectivity index (χ4v) is 6.42. The maximum absolute atomic E-state index is 13.7. The van der Waals surface area contributed by atoms with Crippen molar-refractivity contribution in [3.63, 3.8) is 0 Å². The van der Waals surface area contributed by atoms with Gasteiger partial charge in [-0.25, -0.2) is 4.98 Å². The van der Waals surface area contributed by atoms with E-state index in [1.807, 2.05) is 30.5 Å². The molecular weight excluding hydrogens is 450 g/mol. The summed E-state index contributed by atoms with van der Waals surface area (Å²) in [6.07, 6.45) is 5.23. The Morgan fingerprint density at radius 1 is 1.00 bits per heavy atom. The Labute approximate surface area is 201 Å². The van der Waals surface area contributed by atoms with Gasteiger partial charge in [0, 0.05) is 44.1 Å². The number of hydrogen-bond donors (Lipinski definition) is 1. The topological polar surface area (TPSA) is 81.8 Å². The van der Waals surface area contributed by atoms with E-state index < -0.39 is 10.2 Å². The van der Waals surface area contributed by atoms with Crippen molar-refractivity contribution >= 4 is 15.9 Å². The summed E-state index contributed by atoms with van der Waals surface area (Å²) in [5.74, 6) is 0. The second-order valence-corrected chi connectivity index (χ2v) is 10.8. The number of aromatic amines is 1. The zero-order chi connectivity index (χ0) is 23.4. The van der Waals surface area contributed by atoms with Gasteiger partial charge in [0.1, 0.15) is 0 Å². The van der Waals surface area contributed by atoms with Crippen LogP contribution in [0, 0.1) is 0 Å². The number of H-pyrrole nitrogens is 1. The summed E-state index contributed by atoms with van der Waals surface area (Å²) in [7, 11) is -3.61. The highest BCUT2D eigenvalue weighted by atomic mass is 32.2. The predicted octanol–water partition coefficient (Wildman–Crippen LogP) is 2.81. The molecule has 1 unspecified atom stereocenters. The van der Waals surface area contributed by atoms with Gasteiger partial charge in [0.2, 0.25) is 0 Å². The lowest BCUT2D eigenvalue weighted by Gasteiger charge is -2.35. The average Bonchev–Trinajstić information content (AvgIpc) is 3.33. The smallest absolute Gasteiger partial charge is 0.282 e. The molecule has 0 aliphatic carbocycles. The van der Waals surface area contributed by atoms with Crippen LogP contribution in [0.3, 0.4) is 0 Å². The first-order chi connectivity index (χ1) is 16.6. The molecule has 0 saturated carbocycles. The maximum atomic E-state index is 13.7. The lowest BCUT2D eigenvalue weighted by Crippen LogP contribution is -2.51. The SMILES string of the molecule is O=S(=O)(N1CCOCC1)N1Cc2ccccc2N(Cc2cnc[nH]2)C(CCc2ccccc2)C1. The maximum Gasteiger partial charge on any atom is 0.282 e. The summed E-state index contributed by atoms with van der Waals surface area (Å²) in [5.41, 5.74) is 4.35. The quantitative estimate of drug-likeness (QED) is 0.561. The number of imidazole rings is 1. The van der Waals surface area contributed by atoms with Gasteiger partial charge in [0.05, 0.1) is 31.8 Å². The summed E-state index contributed by atoms with van der Waals surface area (Å²) in [6, 6.07) is 18.5. The van der Waals surface area contributed by atoms with E-state index in [9.17, 15) is 8.42 Å². The molecule has 3 heterocycles. The zero-order valence-corrected chi connectivity index (χ0v) is 20.0. The summed E-state index contributed by atoms with van der Waals surface area (Å²) < 4.78 is 36.1. The Kier molecular flexibility index (Phi) is 6.96. The molecule has 1 atom stereocenters. The summed E-state index contributed by atoms with van der Waals surface area (Å²) >= 11 is 0. The number of fused-ring (bicyclic) bond motifs is 1. The van der Waals surface area contributed by atoms with Crippen LogP contribution in [0.1, 0.15) is 23.2 Å². The molecule has 8 nitrogen and oxygen atoms in total. The van der Waals surface area contributed by atoms with Crippen molar-refractivity contribution in [1.82, 2.24) is 18.6 Å². The summed E-state index contributed by atoms with van der Waals surface area (Å²) in [4.78, 5) is 9.76. The number of para-hydroxylation sites is 1. The lowest BCUT2D eigenvalue weighted by molar-refractivity contribution is 0.0699. The van der Waals surface area contributed by atoms with Crippen molar-refractivity contribution in [3.8, 4) is 0 Å². The number of hydrogen-bond acceptors (Lipinski definition) is 5. The van der Waals surface area contributed by atoms with E-state index in [1.54, 1.807) is 14.9 Å². The Hall–Kier alpha value is -2.72. The molecule has 0 radical (unpaired) electrons. The normalized spacial score (nSPS) is 20.1. The van der Waals surface area contributed by atoms with Gasteiger partial charge in [-0.2, -0.15) is 17.0 Å². The van der Waals surface area contributed by atoms with E-state index in [-0.39, 0.29) is 6.04 Å². The van der Waals surface area contributed by atoms with E-state index in [1.165, 1.54) is 5.56 Å². The highest BCUT2D eigenvalue weighted by Gasteiger charge is 2.37. The number of benzene rings is 2. The fourth-order valence-electron chi connectivity index (χ4n) is 4.82. The molecule has 2 aliphatic rings. The second kappa shape index (κ2) is 10.3. The molecule has 0 amide bonds. The molecule has 5 rings (SSSR count). The number of nitrogens with zero attached hydrogens (tertiary/aromatic N) is 4. The van der Waals surface area contributed by atoms with Crippen molar-refractivity contribution in [2.45, 2.75) is 32.0 Å². The van der Waals surface area contributed by atoms with Crippen molar-refractivity contribution in [1.29, 1.82) is 0 Å².